The van der Waals surface area contributed by atoms with Gasteiger partial charge in [-0.05, 0) is 36.8 Å². The number of nitrogens with zero attached hydrogens (tertiary/aromatic N) is 3. The standard InChI is InChI=1S/C16H13Cl2N3O3S/c1-10-5-15(14(18)6-13(10)17)25(22,23)21-8-12(9-21)24-16-11(7-19)3-2-4-20-16/h2-6,12H,8-9H2,1H3. The second-order valence-electron chi connectivity index (χ2n) is 5.56. The van der Waals surface area contributed by atoms with Crippen LogP contribution in [0.25, 0.3) is 0 Å². The third kappa shape index (κ3) is 3.44. The Labute approximate surface area is 155 Å². The average Bonchev–Trinajstić information content (AvgIpc) is 2.53. The fourth-order valence-electron chi connectivity index (χ4n) is 2.37. The smallest absolute Gasteiger partial charge is 0.244 e. The number of benzene rings is 1. The lowest BCUT2D eigenvalue weighted by molar-refractivity contribution is 0.0718. The molecule has 0 saturated carbocycles. The first-order valence-corrected chi connectivity index (χ1v) is 9.50. The lowest BCUT2D eigenvalue weighted by atomic mass is 10.2. The summed E-state index contributed by atoms with van der Waals surface area (Å²) < 4.78 is 32.3. The van der Waals surface area contributed by atoms with Gasteiger partial charge in [0.15, 0.2) is 0 Å². The van der Waals surface area contributed by atoms with Gasteiger partial charge >= 0.3 is 0 Å². The van der Waals surface area contributed by atoms with Gasteiger partial charge in [-0.3, -0.25) is 0 Å². The lowest BCUT2D eigenvalue weighted by Gasteiger charge is -2.37. The fourth-order valence-corrected chi connectivity index (χ4v) is 4.68. The van der Waals surface area contributed by atoms with Crippen LogP contribution in [0.15, 0.2) is 35.4 Å². The number of ether oxygens (including phenoxy) is 1. The summed E-state index contributed by atoms with van der Waals surface area (Å²) in [6.07, 6.45) is 1.14. The number of aryl methyl sites for hydroxylation is 1. The molecular weight excluding hydrogens is 385 g/mol. The number of halogens is 2. The maximum Gasteiger partial charge on any atom is 0.244 e. The molecule has 1 aromatic carbocycles. The first kappa shape index (κ1) is 18.0. The van der Waals surface area contributed by atoms with Crippen molar-refractivity contribution in [1.29, 1.82) is 5.26 Å². The van der Waals surface area contributed by atoms with E-state index < -0.39 is 10.0 Å². The first-order chi connectivity index (χ1) is 11.8. The van der Waals surface area contributed by atoms with Crippen molar-refractivity contribution in [2.75, 3.05) is 13.1 Å². The van der Waals surface area contributed by atoms with E-state index in [2.05, 4.69) is 4.98 Å². The van der Waals surface area contributed by atoms with E-state index in [-0.39, 0.29) is 35.0 Å². The first-order valence-electron chi connectivity index (χ1n) is 7.30. The summed E-state index contributed by atoms with van der Waals surface area (Å²) in [5.74, 6) is 0.201. The van der Waals surface area contributed by atoms with Gasteiger partial charge in [-0.25, -0.2) is 13.4 Å². The van der Waals surface area contributed by atoms with Gasteiger partial charge in [0.05, 0.1) is 18.1 Å². The van der Waals surface area contributed by atoms with Crippen LogP contribution in [0.2, 0.25) is 10.0 Å². The number of sulfonamides is 1. The number of hydrogen-bond acceptors (Lipinski definition) is 5. The predicted molar refractivity (Wildman–Crippen MR) is 93.3 cm³/mol. The van der Waals surface area contributed by atoms with Gasteiger partial charge in [-0.1, -0.05) is 23.2 Å². The van der Waals surface area contributed by atoms with Crippen molar-refractivity contribution >= 4 is 33.2 Å². The third-order valence-electron chi connectivity index (χ3n) is 3.82. The van der Waals surface area contributed by atoms with Gasteiger partial charge in [-0.15, -0.1) is 0 Å². The molecule has 6 nitrogen and oxygen atoms in total. The molecule has 1 aromatic heterocycles. The van der Waals surface area contributed by atoms with E-state index in [0.717, 1.165) is 0 Å². The molecule has 9 heteroatoms. The van der Waals surface area contributed by atoms with Crippen LogP contribution in [-0.4, -0.2) is 36.9 Å². The van der Waals surface area contributed by atoms with Gasteiger partial charge < -0.3 is 4.74 Å². The highest BCUT2D eigenvalue weighted by molar-refractivity contribution is 7.89. The molecule has 1 aliphatic rings. The molecule has 25 heavy (non-hydrogen) atoms. The summed E-state index contributed by atoms with van der Waals surface area (Å²) in [6, 6.07) is 8.09. The molecule has 3 rings (SSSR count). The Balaban J connectivity index is 1.74. The number of aromatic nitrogens is 1. The largest absolute Gasteiger partial charge is 0.471 e. The number of hydrogen-bond donors (Lipinski definition) is 0. The molecular formula is C16H13Cl2N3O3S. The Morgan fingerprint density at radius 2 is 2.04 bits per heavy atom. The normalized spacial score (nSPS) is 15.4. The Kier molecular flexibility index (Phi) is 4.89. The van der Waals surface area contributed by atoms with Crippen molar-refractivity contribution in [2.24, 2.45) is 0 Å². The van der Waals surface area contributed by atoms with Crippen LogP contribution in [-0.2, 0) is 10.0 Å². The van der Waals surface area contributed by atoms with Crippen molar-refractivity contribution in [3.05, 3.63) is 51.6 Å². The minimum Gasteiger partial charge on any atom is -0.471 e. The molecule has 0 bridgehead atoms. The maximum absolute atomic E-state index is 12.7. The summed E-state index contributed by atoms with van der Waals surface area (Å²) in [4.78, 5) is 4.02. The van der Waals surface area contributed by atoms with E-state index in [4.69, 9.17) is 33.2 Å². The molecule has 0 amide bonds. The molecule has 130 valence electrons. The van der Waals surface area contributed by atoms with Gasteiger partial charge in [0.2, 0.25) is 15.9 Å². The fraction of sp³-hybridized carbons (Fsp3) is 0.250. The Morgan fingerprint density at radius 3 is 2.72 bits per heavy atom. The van der Waals surface area contributed by atoms with E-state index in [1.165, 1.54) is 22.6 Å². The van der Waals surface area contributed by atoms with Crippen molar-refractivity contribution in [1.82, 2.24) is 9.29 Å². The minimum absolute atomic E-state index is 0.0186. The molecule has 2 aromatic rings. The summed E-state index contributed by atoms with van der Waals surface area (Å²) in [5, 5.41) is 9.52. The lowest BCUT2D eigenvalue weighted by Crippen LogP contribution is -2.56. The summed E-state index contributed by atoms with van der Waals surface area (Å²) in [7, 11) is -3.74. The van der Waals surface area contributed by atoms with Crippen molar-refractivity contribution < 1.29 is 13.2 Å². The Morgan fingerprint density at radius 1 is 1.32 bits per heavy atom. The molecule has 2 heterocycles. The monoisotopic (exact) mass is 397 g/mol. The summed E-state index contributed by atoms with van der Waals surface area (Å²) in [5.41, 5.74) is 0.935. The maximum atomic E-state index is 12.7. The molecule has 1 saturated heterocycles. The highest BCUT2D eigenvalue weighted by atomic mass is 35.5. The quantitative estimate of drug-likeness (QED) is 0.791. The van der Waals surface area contributed by atoms with Crippen LogP contribution in [0.1, 0.15) is 11.1 Å². The van der Waals surface area contributed by atoms with Crippen LogP contribution in [0.3, 0.4) is 0 Å². The van der Waals surface area contributed by atoms with Gasteiger partial charge in [0.25, 0.3) is 0 Å². The van der Waals surface area contributed by atoms with E-state index in [1.807, 2.05) is 6.07 Å². The van der Waals surface area contributed by atoms with Crippen LogP contribution in [0.5, 0.6) is 5.88 Å². The third-order valence-corrected chi connectivity index (χ3v) is 6.52. The van der Waals surface area contributed by atoms with Crippen LogP contribution in [0, 0.1) is 18.3 Å². The van der Waals surface area contributed by atoms with Gasteiger partial charge in [-0.2, -0.15) is 9.57 Å². The molecule has 0 radical (unpaired) electrons. The average molecular weight is 398 g/mol. The molecule has 0 N–H and O–H groups in total. The molecule has 1 aliphatic heterocycles. The summed E-state index contributed by atoms with van der Waals surface area (Å²) in [6.45, 7) is 2.02. The van der Waals surface area contributed by atoms with Crippen LogP contribution in [0.4, 0.5) is 0 Å². The second-order valence-corrected chi connectivity index (χ2v) is 8.28. The molecule has 0 atom stereocenters. The highest BCUT2D eigenvalue weighted by Crippen LogP contribution is 2.32. The van der Waals surface area contributed by atoms with E-state index >= 15 is 0 Å². The highest BCUT2D eigenvalue weighted by Gasteiger charge is 2.39. The zero-order chi connectivity index (χ0) is 18.2. The van der Waals surface area contributed by atoms with E-state index in [1.54, 1.807) is 19.1 Å². The number of rotatable bonds is 4. The van der Waals surface area contributed by atoms with Gasteiger partial charge in [0.1, 0.15) is 22.6 Å². The SMILES string of the molecule is Cc1cc(S(=O)(=O)N2CC(Oc3ncccc3C#N)C2)c(Cl)cc1Cl. The molecule has 1 fully saturated rings. The van der Waals surface area contributed by atoms with Crippen molar-refractivity contribution in [2.45, 2.75) is 17.9 Å². The van der Waals surface area contributed by atoms with E-state index in [0.29, 0.717) is 16.1 Å². The number of nitriles is 1. The minimum atomic E-state index is -3.74. The predicted octanol–water partition coefficient (Wildman–Crippen LogP) is 3.02. The van der Waals surface area contributed by atoms with Crippen LogP contribution < -0.4 is 4.74 Å². The Bertz CT molecular complexity index is 967. The van der Waals surface area contributed by atoms with E-state index in [9.17, 15) is 8.42 Å². The van der Waals surface area contributed by atoms with Crippen molar-refractivity contribution in [3.63, 3.8) is 0 Å². The molecule has 0 unspecified atom stereocenters. The zero-order valence-corrected chi connectivity index (χ0v) is 15.4. The van der Waals surface area contributed by atoms with Crippen LogP contribution >= 0.6 is 23.2 Å². The number of pyridine rings is 1. The zero-order valence-electron chi connectivity index (χ0n) is 13.1. The molecule has 0 aliphatic carbocycles. The Hall–Kier alpha value is -1.85. The van der Waals surface area contributed by atoms with Gasteiger partial charge in [0, 0.05) is 11.2 Å². The second kappa shape index (κ2) is 6.81. The van der Waals surface area contributed by atoms with Crippen molar-refractivity contribution in [3.8, 4) is 11.9 Å². The molecule has 0 spiro atoms. The summed E-state index contributed by atoms with van der Waals surface area (Å²) >= 11 is 12.0. The topological polar surface area (TPSA) is 83.3 Å².